The fraction of sp³-hybridized carbons (Fsp3) is 0.543. The van der Waals surface area contributed by atoms with Crippen molar-refractivity contribution in [3.05, 3.63) is 52.2 Å². The largest absolute Gasteiger partial charge is 0.494 e. The Hall–Kier alpha value is -4.50. The van der Waals surface area contributed by atoms with Crippen molar-refractivity contribution in [1.29, 1.82) is 5.41 Å². The van der Waals surface area contributed by atoms with Gasteiger partial charge in [0.25, 0.3) is 0 Å². The lowest BCUT2D eigenvalue weighted by atomic mass is 10.00. The Morgan fingerprint density at radius 1 is 1.08 bits per heavy atom. The summed E-state index contributed by atoms with van der Waals surface area (Å²) >= 11 is 1.33. The van der Waals surface area contributed by atoms with Gasteiger partial charge in [0.1, 0.15) is 23.2 Å². The Balaban J connectivity index is 1.33. The number of hydrogen-bond acceptors (Lipinski definition) is 10. The zero-order valence-corrected chi connectivity index (χ0v) is 30.1. The van der Waals surface area contributed by atoms with E-state index in [1.807, 2.05) is 37.3 Å². The molecule has 272 valence electrons. The van der Waals surface area contributed by atoms with Crippen LogP contribution in [0.15, 0.2) is 41.8 Å². The van der Waals surface area contributed by atoms with E-state index < -0.39 is 29.2 Å². The van der Waals surface area contributed by atoms with Gasteiger partial charge in [-0.25, -0.2) is 4.79 Å². The van der Waals surface area contributed by atoms with Crippen LogP contribution in [0.25, 0.3) is 0 Å². The molecular formula is C35H48N6O8S. The maximum absolute atomic E-state index is 13.7. The molecule has 2 aliphatic rings. The number of amidine groups is 1. The van der Waals surface area contributed by atoms with Crippen LogP contribution >= 0.6 is 11.3 Å². The molecule has 4 atom stereocenters. The van der Waals surface area contributed by atoms with Crippen LogP contribution in [-0.2, 0) is 28.7 Å². The van der Waals surface area contributed by atoms with Crippen molar-refractivity contribution in [2.24, 2.45) is 5.41 Å². The Labute approximate surface area is 296 Å². The topological polar surface area (TPSA) is 188 Å². The standard InChI is InChI=1S/C35H48N6O8S/c1-22(27-16-24(20-50-27)31(36)40-33(46)49-34(3,4)5)39-32(45)26-17-35(21-47-15-13-37-23(2)42)18-28(35)41(26)30(44)19-38-29(43)12-9-14-48-25-10-7-6-8-11-25/h6-8,10-11,16,20,22,26,28H,9,12-15,17-19,21H2,1-5H3,(H,37,42)(H,38,43)(H,39,45)(H2,36,40,46)/t22-,26+,28+,35-/m1/s1. The number of ether oxygens (including phenoxy) is 3. The van der Waals surface area contributed by atoms with Gasteiger partial charge >= 0.3 is 6.09 Å². The normalized spacial score (nSPS) is 19.8. The van der Waals surface area contributed by atoms with Crippen molar-refractivity contribution >= 4 is 46.9 Å². The molecule has 1 saturated heterocycles. The van der Waals surface area contributed by atoms with E-state index >= 15 is 0 Å². The van der Waals surface area contributed by atoms with Gasteiger partial charge in [0.2, 0.25) is 23.6 Å². The van der Waals surface area contributed by atoms with Crippen LogP contribution < -0.4 is 26.0 Å². The first-order chi connectivity index (χ1) is 23.7. The number of para-hydroxylation sites is 1. The monoisotopic (exact) mass is 712 g/mol. The summed E-state index contributed by atoms with van der Waals surface area (Å²) in [6, 6.07) is 9.58. The number of rotatable bonds is 16. The lowest BCUT2D eigenvalue weighted by Crippen LogP contribution is -2.51. The Bertz CT molecular complexity index is 1540. The third kappa shape index (κ3) is 11.0. The van der Waals surface area contributed by atoms with Crippen molar-refractivity contribution in [2.45, 2.75) is 84.0 Å². The van der Waals surface area contributed by atoms with Crippen molar-refractivity contribution in [3.8, 4) is 5.75 Å². The number of likely N-dealkylation sites (tertiary alicyclic amines) is 1. The molecule has 0 unspecified atom stereocenters. The minimum atomic E-state index is -0.773. The summed E-state index contributed by atoms with van der Waals surface area (Å²) in [4.78, 5) is 65.5. The van der Waals surface area contributed by atoms with Crippen LogP contribution in [-0.4, -0.2) is 91.1 Å². The van der Waals surface area contributed by atoms with Gasteiger partial charge in [-0.2, -0.15) is 0 Å². The summed E-state index contributed by atoms with van der Waals surface area (Å²) < 4.78 is 16.7. The number of piperidine rings is 1. The molecule has 2 aromatic rings. The van der Waals surface area contributed by atoms with Gasteiger partial charge in [0.05, 0.1) is 32.4 Å². The summed E-state index contributed by atoms with van der Waals surface area (Å²) in [6.07, 6.45) is 0.994. The second-order valence-electron chi connectivity index (χ2n) is 13.7. The summed E-state index contributed by atoms with van der Waals surface area (Å²) in [5, 5.41) is 20.8. The fourth-order valence-corrected chi connectivity index (χ4v) is 6.76. The average molecular weight is 713 g/mol. The number of benzene rings is 1. The number of carbonyl (C=O) groups is 5. The summed E-state index contributed by atoms with van der Waals surface area (Å²) in [5.74, 6) is -0.533. The van der Waals surface area contributed by atoms with E-state index in [1.165, 1.54) is 18.3 Å². The number of amides is 5. The van der Waals surface area contributed by atoms with Crippen LogP contribution in [0.5, 0.6) is 5.75 Å². The Morgan fingerprint density at radius 2 is 1.82 bits per heavy atom. The molecule has 1 aromatic heterocycles. The van der Waals surface area contributed by atoms with Crippen LogP contribution in [0.3, 0.4) is 0 Å². The van der Waals surface area contributed by atoms with E-state index in [0.29, 0.717) is 51.2 Å². The van der Waals surface area contributed by atoms with Crippen molar-refractivity contribution in [2.75, 3.05) is 32.9 Å². The highest BCUT2D eigenvalue weighted by Crippen LogP contribution is 2.59. The summed E-state index contributed by atoms with van der Waals surface area (Å²) in [7, 11) is 0. The lowest BCUT2D eigenvalue weighted by molar-refractivity contribution is -0.140. The number of nitrogens with one attached hydrogen (secondary N) is 5. The number of carbonyl (C=O) groups excluding carboxylic acids is 5. The fourth-order valence-electron chi connectivity index (χ4n) is 5.86. The molecule has 1 aromatic carbocycles. The van der Waals surface area contributed by atoms with E-state index in [9.17, 15) is 24.0 Å². The lowest BCUT2D eigenvalue weighted by Gasteiger charge is -2.28. The zero-order valence-electron chi connectivity index (χ0n) is 29.3. The van der Waals surface area contributed by atoms with Crippen LogP contribution in [0.2, 0.25) is 0 Å². The molecule has 15 heteroatoms. The SMILES string of the molecule is CC(=O)NCCOC[C@@]12C[C@@H]1N(C(=O)CNC(=O)CCCOc1ccccc1)[C@H](C(=O)N[C@H](C)c1cc(C(=N)NC(=O)OC(C)(C)C)cs1)C2. The van der Waals surface area contributed by atoms with E-state index in [4.69, 9.17) is 19.6 Å². The van der Waals surface area contributed by atoms with E-state index in [2.05, 4.69) is 21.3 Å². The molecule has 1 aliphatic carbocycles. The molecule has 0 bridgehead atoms. The van der Waals surface area contributed by atoms with Gasteiger partial charge < -0.3 is 35.1 Å². The van der Waals surface area contributed by atoms with E-state index in [1.54, 1.807) is 37.1 Å². The van der Waals surface area contributed by atoms with Crippen molar-refractivity contribution < 1.29 is 38.2 Å². The van der Waals surface area contributed by atoms with Gasteiger partial charge in [-0.3, -0.25) is 29.9 Å². The second kappa shape index (κ2) is 16.9. The number of fused-ring (bicyclic) bond motifs is 1. The number of nitrogens with zero attached hydrogens (tertiary/aromatic N) is 1. The first kappa shape index (κ1) is 38.3. The van der Waals surface area contributed by atoms with Crippen LogP contribution in [0, 0.1) is 10.8 Å². The zero-order chi connectivity index (χ0) is 36.5. The van der Waals surface area contributed by atoms with Crippen molar-refractivity contribution in [1.82, 2.24) is 26.2 Å². The average Bonchev–Trinajstić information content (AvgIpc) is 3.36. The first-order valence-electron chi connectivity index (χ1n) is 16.7. The smallest absolute Gasteiger partial charge is 0.413 e. The van der Waals surface area contributed by atoms with Gasteiger partial charge in [-0.05, 0) is 65.2 Å². The molecule has 1 saturated carbocycles. The Morgan fingerprint density at radius 3 is 2.52 bits per heavy atom. The molecule has 5 N–H and O–H groups in total. The molecular weight excluding hydrogens is 664 g/mol. The summed E-state index contributed by atoms with van der Waals surface area (Å²) in [6.45, 7) is 9.54. The first-order valence-corrected chi connectivity index (χ1v) is 17.6. The third-order valence-electron chi connectivity index (χ3n) is 8.34. The maximum atomic E-state index is 13.7. The molecule has 50 heavy (non-hydrogen) atoms. The molecule has 2 heterocycles. The number of thiophene rings is 1. The Kier molecular flexibility index (Phi) is 13.0. The van der Waals surface area contributed by atoms with Gasteiger partial charge in [-0.15, -0.1) is 11.3 Å². The predicted octanol–water partition coefficient (Wildman–Crippen LogP) is 3.26. The summed E-state index contributed by atoms with van der Waals surface area (Å²) in [5.41, 5.74) is -0.636. The minimum Gasteiger partial charge on any atom is -0.494 e. The molecule has 2 fully saturated rings. The highest BCUT2D eigenvalue weighted by atomic mass is 32.1. The molecule has 14 nitrogen and oxygen atoms in total. The maximum Gasteiger partial charge on any atom is 0.413 e. The second-order valence-corrected chi connectivity index (χ2v) is 14.6. The van der Waals surface area contributed by atoms with Gasteiger partial charge in [0, 0.05) is 47.2 Å². The molecule has 4 rings (SSSR count). The van der Waals surface area contributed by atoms with Crippen LogP contribution in [0.4, 0.5) is 4.79 Å². The highest BCUT2D eigenvalue weighted by molar-refractivity contribution is 7.10. The van der Waals surface area contributed by atoms with Gasteiger partial charge in [0.15, 0.2) is 0 Å². The van der Waals surface area contributed by atoms with Crippen molar-refractivity contribution in [3.63, 3.8) is 0 Å². The van der Waals surface area contributed by atoms with Gasteiger partial charge in [-0.1, -0.05) is 18.2 Å². The molecule has 0 radical (unpaired) electrons. The minimum absolute atomic E-state index is 0.126. The third-order valence-corrected chi connectivity index (χ3v) is 9.45. The van der Waals surface area contributed by atoms with Crippen LogP contribution in [0.1, 0.15) is 76.8 Å². The quantitative estimate of drug-likeness (QED) is 0.0997. The predicted molar refractivity (Wildman–Crippen MR) is 187 cm³/mol. The molecule has 1 aliphatic heterocycles. The number of hydrogen-bond donors (Lipinski definition) is 5. The number of alkyl carbamates (subject to hydrolysis) is 1. The molecule has 0 spiro atoms. The van der Waals surface area contributed by atoms with E-state index in [-0.39, 0.29) is 48.5 Å². The van der Waals surface area contributed by atoms with E-state index in [0.717, 1.165) is 10.6 Å². The highest BCUT2D eigenvalue weighted by Gasteiger charge is 2.67. The molecule has 5 amide bonds.